The number of ether oxygens (including phenoxy) is 1. The summed E-state index contributed by atoms with van der Waals surface area (Å²) in [6, 6.07) is 26.7. The molecule has 0 aliphatic rings. The van der Waals surface area contributed by atoms with Gasteiger partial charge < -0.3 is 14.8 Å². The minimum atomic E-state index is -0.407. The summed E-state index contributed by atoms with van der Waals surface area (Å²) in [7, 11) is 0. The van der Waals surface area contributed by atoms with Crippen molar-refractivity contribution in [1.29, 1.82) is 0 Å². The molecule has 0 bridgehead atoms. The number of carbonyl (C=O) groups is 1. The third kappa shape index (κ3) is 4.54. The largest absolute Gasteiger partial charge is 0.494 e. The molecule has 0 aliphatic heterocycles. The third-order valence-electron chi connectivity index (χ3n) is 5.68. The highest BCUT2D eigenvalue weighted by Gasteiger charge is 2.20. The molecule has 35 heavy (non-hydrogen) atoms. The fraction of sp³-hybridized carbons (Fsp3) is 0.0690. The van der Waals surface area contributed by atoms with Crippen molar-refractivity contribution in [1.82, 2.24) is 9.97 Å². The molecule has 0 saturated carbocycles. The van der Waals surface area contributed by atoms with Crippen LogP contribution in [0, 0.1) is 0 Å². The van der Waals surface area contributed by atoms with E-state index in [4.69, 9.17) is 9.73 Å². The predicted octanol–water partition coefficient (Wildman–Crippen LogP) is 6.28. The van der Waals surface area contributed by atoms with E-state index < -0.39 is 5.97 Å². The lowest BCUT2D eigenvalue weighted by Crippen LogP contribution is -2.05. The van der Waals surface area contributed by atoms with Crippen LogP contribution in [0.4, 0.5) is 5.69 Å². The second-order valence-electron chi connectivity index (χ2n) is 7.94. The Morgan fingerprint density at radius 2 is 1.74 bits per heavy atom. The number of H-pyrrole nitrogens is 1. The molecular weight excluding hydrogens is 438 g/mol. The number of fused-ring (bicyclic) bond motifs is 1. The molecule has 0 aliphatic carbocycles. The molecule has 6 heteroatoms. The molecule has 6 nitrogen and oxygen atoms in total. The Balaban J connectivity index is 1.61. The Kier molecular flexibility index (Phi) is 6.09. The van der Waals surface area contributed by atoms with E-state index in [1.807, 2.05) is 72.9 Å². The van der Waals surface area contributed by atoms with Crippen molar-refractivity contribution in [3.05, 3.63) is 114 Å². The molecule has 172 valence electrons. The van der Waals surface area contributed by atoms with Crippen LogP contribution in [0.25, 0.3) is 22.0 Å². The van der Waals surface area contributed by atoms with Crippen molar-refractivity contribution < 1.29 is 14.6 Å². The normalized spacial score (nSPS) is 11.5. The summed E-state index contributed by atoms with van der Waals surface area (Å²) in [5.74, 6) is -0.425. The van der Waals surface area contributed by atoms with Crippen molar-refractivity contribution in [2.75, 3.05) is 6.61 Å². The number of nitrogens with one attached hydrogen (secondary N) is 1. The lowest BCUT2D eigenvalue weighted by Gasteiger charge is -2.09. The number of esters is 1. The number of hydrogen-bond donors (Lipinski definition) is 2. The zero-order chi connectivity index (χ0) is 24.2. The fourth-order valence-corrected chi connectivity index (χ4v) is 4.02. The van der Waals surface area contributed by atoms with E-state index in [0.717, 1.165) is 27.8 Å². The molecule has 5 aromatic rings. The first-order valence-corrected chi connectivity index (χ1v) is 11.3. The second-order valence-corrected chi connectivity index (χ2v) is 7.94. The molecule has 0 fully saturated rings. The molecule has 0 amide bonds. The standard InChI is InChI=1S/C29H23N3O3/c1-2-35-29(34)21-12-15-24-25(17-21)32-28(33)26(24)27(20-7-4-3-5-8-20)31-23-13-10-19(11-14-23)22-9-6-16-30-18-22/h3-18,32-33H,2H2,1H3. The first kappa shape index (κ1) is 22.1. The third-order valence-corrected chi connectivity index (χ3v) is 5.68. The minimum absolute atomic E-state index is 0.0180. The van der Waals surface area contributed by atoms with E-state index in [1.165, 1.54) is 0 Å². The van der Waals surface area contributed by atoms with Crippen molar-refractivity contribution in [2.45, 2.75) is 6.92 Å². The summed E-state index contributed by atoms with van der Waals surface area (Å²) < 4.78 is 5.11. The van der Waals surface area contributed by atoms with Crippen LogP contribution in [0.3, 0.4) is 0 Å². The number of pyridine rings is 1. The number of rotatable bonds is 6. The Morgan fingerprint density at radius 3 is 2.46 bits per heavy atom. The zero-order valence-corrected chi connectivity index (χ0v) is 19.1. The van der Waals surface area contributed by atoms with Crippen molar-refractivity contribution >= 4 is 28.3 Å². The first-order valence-electron chi connectivity index (χ1n) is 11.3. The van der Waals surface area contributed by atoms with Crippen LogP contribution in [-0.4, -0.2) is 33.4 Å². The monoisotopic (exact) mass is 461 g/mol. The van der Waals surface area contributed by atoms with Gasteiger partial charge in [-0.3, -0.25) is 4.98 Å². The van der Waals surface area contributed by atoms with Crippen LogP contribution in [0.15, 0.2) is 102 Å². The van der Waals surface area contributed by atoms with Gasteiger partial charge in [0.1, 0.15) is 0 Å². The molecule has 0 unspecified atom stereocenters. The molecule has 2 aromatic heterocycles. The lowest BCUT2D eigenvalue weighted by atomic mass is 10.00. The molecule has 0 spiro atoms. The SMILES string of the molecule is CCOC(=O)c1ccc2c(C(=Nc3ccc(-c4cccnc4)cc3)c3ccccc3)c(O)[nH]c2c1. The van der Waals surface area contributed by atoms with E-state index in [0.29, 0.717) is 29.0 Å². The number of aromatic amines is 1. The van der Waals surface area contributed by atoms with Gasteiger partial charge in [0.15, 0.2) is 5.88 Å². The topological polar surface area (TPSA) is 87.6 Å². The highest BCUT2D eigenvalue weighted by atomic mass is 16.5. The number of aromatic nitrogens is 2. The molecule has 2 heterocycles. The van der Waals surface area contributed by atoms with Crippen LogP contribution >= 0.6 is 0 Å². The van der Waals surface area contributed by atoms with Gasteiger partial charge in [-0.1, -0.05) is 54.6 Å². The molecule has 0 saturated heterocycles. The van der Waals surface area contributed by atoms with Gasteiger partial charge in [0.05, 0.1) is 29.1 Å². The van der Waals surface area contributed by atoms with Crippen LogP contribution in [0.2, 0.25) is 0 Å². The average Bonchev–Trinajstić information content (AvgIpc) is 3.23. The highest BCUT2D eigenvalue weighted by molar-refractivity contribution is 6.22. The second kappa shape index (κ2) is 9.65. The van der Waals surface area contributed by atoms with Crippen LogP contribution in [-0.2, 0) is 4.74 Å². The van der Waals surface area contributed by atoms with Crippen LogP contribution in [0.1, 0.15) is 28.4 Å². The van der Waals surface area contributed by atoms with Crippen LogP contribution in [0.5, 0.6) is 5.88 Å². The van der Waals surface area contributed by atoms with Gasteiger partial charge in [-0.15, -0.1) is 0 Å². The summed E-state index contributed by atoms with van der Waals surface area (Å²) in [4.78, 5) is 24.3. The number of benzene rings is 3. The Morgan fingerprint density at radius 1 is 0.943 bits per heavy atom. The molecule has 0 atom stereocenters. The first-order chi connectivity index (χ1) is 17.1. The van der Waals surface area contributed by atoms with Gasteiger partial charge in [-0.2, -0.15) is 0 Å². The van der Waals surface area contributed by atoms with E-state index in [1.54, 1.807) is 31.3 Å². The van der Waals surface area contributed by atoms with Gasteiger partial charge >= 0.3 is 5.97 Å². The van der Waals surface area contributed by atoms with Gasteiger partial charge in [0, 0.05) is 28.9 Å². The number of aromatic hydroxyl groups is 1. The maximum absolute atomic E-state index is 12.2. The lowest BCUT2D eigenvalue weighted by molar-refractivity contribution is 0.0526. The Hall–Kier alpha value is -4.71. The smallest absolute Gasteiger partial charge is 0.338 e. The molecule has 0 radical (unpaired) electrons. The highest BCUT2D eigenvalue weighted by Crippen LogP contribution is 2.32. The van der Waals surface area contributed by atoms with Crippen LogP contribution < -0.4 is 0 Å². The van der Waals surface area contributed by atoms with Gasteiger partial charge in [-0.05, 0) is 48.4 Å². The molecule has 5 rings (SSSR count). The van der Waals surface area contributed by atoms with Gasteiger partial charge in [0.2, 0.25) is 0 Å². The molecular formula is C29H23N3O3. The molecule has 2 N–H and O–H groups in total. The summed E-state index contributed by atoms with van der Waals surface area (Å²) in [5.41, 5.74) is 5.89. The van der Waals surface area contributed by atoms with E-state index in [9.17, 15) is 9.90 Å². The maximum Gasteiger partial charge on any atom is 0.338 e. The number of aliphatic imine (C=N–C) groups is 1. The minimum Gasteiger partial charge on any atom is -0.494 e. The fourth-order valence-electron chi connectivity index (χ4n) is 4.02. The van der Waals surface area contributed by atoms with E-state index in [2.05, 4.69) is 9.97 Å². The summed E-state index contributed by atoms with van der Waals surface area (Å²) in [5, 5.41) is 11.7. The summed E-state index contributed by atoms with van der Waals surface area (Å²) >= 11 is 0. The number of carbonyl (C=O) groups excluding carboxylic acids is 1. The van der Waals surface area contributed by atoms with Crippen molar-refractivity contribution in [3.8, 4) is 17.0 Å². The maximum atomic E-state index is 12.2. The summed E-state index contributed by atoms with van der Waals surface area (Å²) in [6.07, 6.45) is 3.57. The van der Waals surface area contributed by atoms with E-state index in [-0.39, 0.29) is 5.88 Å². The molecule has 3 aromatic carbocycles. The van der Waals surface area contributed by atoms with Gasteiger partial charge in [-0.25, -0.2) is 9.79 Å². The number of nitrogens with zero attached hydrogens (tertiary/aromatic N) is 2. The quantitative estimate of drug-likeness (QED) is 0.230. The average molecular weight is 462 g/mol. The number of hydrogen-bond acceptors (Lipinski definition) is 5. The van der Waals surface area contributed by atoms with Gasteiger partial charge in [0.25, 0.3) is 0 Å². The van der Waals surface area contributed by atoms with Crippen molar-refractivity contribution in [2.24, 2.45) is 4.99 Å². The van der Waals surface area contributed by atoms with E-state index >= 15 is 0 Å². The Bertz CT molecular complexity index is 1510. The van der Waals surface area contributed by atoms with Crippen molar-refractivity contribution in [3.63, 3.8) is 0 Å². The predicted molar refractivity (Wildman–Crippen MR) is 137 cm³/mol. The zero-order valence-electron chi connectivity index (χ0n) is 19.1. The Labute approximate surface area is 202 Å². The summed E-state index contributed by atoms with van der Waals surface area (Å²) in [6.45, 7) is 2.06.